The fourth-order valence-electron chi connectivity index (χ4n) is 1.27. The highest BCUT2D eigenvalue weighted by Gasteiger charge is 2.25. The molecule has 1 rings (SSSR count). The molecule has 0 saturated carbocycles. The van der Waals surface area contributed by atoms with Gasteiger partial charge in [-0.3, -0.25) is 4.99 Å². The Balaban J connectivity index is 2.70. The Morgan fingerprint density at radius 3 is 2.64 bits per heavy atom. The van der Waals surface area contributed by atoms with Crippen LogP contribution in [0.1, 0.15) is 13.8 Å². The number of hydrogen-bond donors (Lipinski definition) is 1. The molecule has 1 aliphatic heterocycles. The standard InChI is InChI=1S/C8H13BrN2/c1-5-7(4-10-3)11-6(2)8(5)9/h4-5,7,11H,1-3H3. The fraction of sp³-hybridized carbons (Fsp3) is 0.625. The van der Waals surface area contributed by atoms with Crippen LogP contribution >= 0.6 is 15.9 Å². The Morgan fingerprint density at radius 1 is 1.64 bits per heavy atom. The summed E-state index contributed by atoms with van der Waals surface area (Å²) in [5, 5.41) is 3.34. The van der Waals surface area contributed by atoms with Crippen molar-refractivity contribution in [1.29, 1.82) is 0 Å². The van der Waals surface area contributed by atoms with E-state index < -0.39 is 0 Å². The van der Waals surface area contributed by atoms with Crippen LogP contribution in [0.15, 0.2) is 15.2 Å². The second-order valence-corrected chi connectivity index (χ2v) is 3.69. The molecule has 0 fully saturated rings. The molecule has 2 nitrogen and oxygen atoms in total. The lowest BCUT2D eigenvalue weighted by atomic mass is 10.1. The molecule has 1 heterocycles. The fourth-order valence-corrected chi connectivity index (χ4v) is 1.67. The van der Waals surface area contributed by atoms with E-state index in [1.807, 2.05) is 6.21 Å². The molecule has 3 heteroatoms. The molecule has 0 radical (unpaired) electrons. The van der Waals surface area contributed by atoms with Gasteiger partial charge in [-0.1, -0.05) is 22.9 Å². The van der Waals surface area contributed by atoms with Crippen molar-refractivity contribution < 1.29 is 0 Å². The van der Waals surface area contributed by atoms with E-state index in [1.165, 1.54) is 10.2 Å². The molecular weight excluding hydrogens is 204 g/mol. The highest BCUT2D eigenvalue weighted by Crippen LogP contribution is 2.29. The molecule has 62 valence electrons. The molecule has 0 bridgehead atoms. The zero-order valence-corrected chi connectivity index (χ0v) is 8.64. The van der Waals surface area contributed by atoms with Crippen molar-refractivity contribution in [3.05, 3.63) is 10.2 Å². The predicted molar refractivity (Wildman–Crippen MR) is 52.1 cm³/mol. The van der Waals surface area contributed by atoms with Crippen LogP contribution in [0.3, 0.4) is 0 Å². The number of nitrogens with zero attached hydrogens (tertiary/aromatic N) is 1. The summed E-state index contributed by atoms with van der Waals surface area (Å²) in [6, 6.07) is 0.370. The summed E-state index contributed by atoms with van der Waals surface area (Å²) in [7, 11) is 1.80. The van der Waals surface area contributed by atoms with Crippen molar-refractivity contribution in [2.45, 2.75) is 19.9 Å². The first-order chi connectivity index (χ1) is 5.16. The lowest BCUT2D eigenvalue weighted by Gasteiger charge is -2.10. The first-order valence-electron chi connectivity index (χ1n) is 3.72. The Labute approximate surface area is 75.9 Å². The van der Waals surface area contributed by atoms with Crippen LogP contribution in [-0.2, 0) is 0 Å². The highest BCUT2D eigenvalue weighted by atomic mass is 79.9. The number of nitrogens with one attached hydrogen (secondary N) is 1. The summed E-state index contributed by atoms with van der Waals surface area (Å²) in [6.07, 6.45) is 1.95. The molecular formula is C8H13BrN2. The van der Waals surface area contributed by atoms with Gasteiger partial charge in [0.2, 0.25) is 0 Å². The first kappa shape index (κ1) is 8.78. The quantitative estimate of drug-likeness (QED) is 0.666. The third kappa shape index (κ3) is 1.64. The van der Waals surface area contributed by atoms with Crippen molar-refractivity contribution in [2.75, 3.05) is 7.05 Å². The summed E-state index contributed by atoms with van der Waals surface area (Å²) in [6.45, 7) is 4.25. The summed E-state index contributed by atoms with van der Waals surface area (Å²) in [5.41, 5.74) is 1.22. The number of rotatable bonds is 1. The number of halogens is 1. The van der Waals surface area contributed by atoms with Crippen LogP contribution in [-0.4, -0.2) is 19.3 Å². The monoisotopic (exact) mass is 216 g/mol. The Bertz CT molecular complexity index is 208. The van der Waals surface area contributed by atoms with Crippen molar-refractivity contribution in [2.24, 2.45) is 10.9 Å². The smallest absolute Gasteiger partial charge is 0.0680 e. The molecule has 0 saturated heterocycles. The van der Waals surface area contributed by atoms with E-state index in [1.54, 1.807) is 7.05 Å². The Morgan fingerprint density at radius 2 is 2.27 bits per heavy atom. The van der Waals surface area contributed by atoms with Gasteiger partial charge in [-0.15, -0.1) is 0 Å². The average Bonchev–Trinajstić information content (AvgIpc) is 2.19. The average molecular weight is 217 g/mol. The molecule has 11 heavy (non-hydrogen) atoms. The lowest BCUT2D eigenvalue weighted by Crippen LogP contribution is -2.28. The predicted octanol–water partition coefficient (Wildman–Crippen LogP) is 1.92. The molecule has 1 aliphatic rings. The van der Waals surface area contributed by atoms with Crippen LogP contribution in [0, 0.1) is 5.92 Å². The minimum atomic E-state index is 0.370. The van der Waals surface area contributed by atoms with Gasteiger partial charge < -0.3 is 5.32 Å². The molecule has 0 aromatic rings. The summed E-state index contributed by atoms with van der Waals surface area (Å²) in [4.78, 5) is 4.00. The Kier molecular flexibility index (Phi) is 2.71. The van der Waals surface area contributed by atoms with Crippen molar-refractivity contribution in [3.63, 3.8) is 0 Å². The van der Waals surface area contributed by atoms with Crippen LogP contribution in [0.2, 0.25) is 0 Å². The molecule has 0 aliphatic carbocycles. The van der Waals surface area contributed by atoms with E-state index in [0.717, 1.165) is 0 Å². The zero-order valence-electron chi connectivity index (χ0n) is 7.06. The van der Waals surface area contributed by atoms with E-state index in [2.05, 4.69) is 40.1 Å². The molecule has 0 amide bonds. The van der Waals surface area contributed by atoms with E-state index in [9.17, 15) is 0 Å². The van der Waals surface area contributed by atoms with Gasteiger partial charge in [0.05, 0.1) is 6.04 Å². The molecule has 0 aromatic heterocycles. The number of aliphatic imine (C=N–C) groups is 1. The largest absolute Gasteiger partial charge is 0.380 e. The molecule has 1 N–H and O–H groups in total. The van der Waals surface area contributed by atoms with Gasteiger partial charge in [0.15, 0.2) is 0 Å². The molecule has 2 atom stereocenters. The summed E-state index contributed by atoms with van der Waals surface area (Å²) >= 11 is 3.53. The lowest BCUT2D eigenvalue weighted by molar-refractivity contribution is 0.633. The van der Waals surface area contributed by atoms with E-state index in [4.69, 9.17) is 0 Å². The van der Waals surface area contributed by atoms with Crippen LogP contribution < -0.4 is 5.32 Å². The van der Waals surface area contributed by atoms with Crippen LogP contribution in [0.5, 0.6) is 0 Å². The maximum absolute atomic E-state index is 4.00. The van der Waals surface area contributed by atoms with Crippen molar-refractivity contribution >= 4 is 22.1 Å². The SMILES string of the molecule is CN=CC1NC(C)=C(Br)C1C. The minimum Gasteiger partial charge on any atom is -0.380 e. The maximum atomic E-state index is 4.00. The number of hydrogen-bond acceptors (Lipinski definition) is 2. The second-order valence-electron chi connectivity index (χ2n) is 2.84. The van der Waals surface area contributed by atoms with Gasteiger partial charge in [0.25, 0.3) is 0 Å². The minimum absolute atomic E-state index is 0.370. The van der Waals surface area contributed by atoms with Crippen LogP contribution in [0.4, 0.5) is 0 Å². The van der Waals surface area contributed by atoms with E-state index >= 15 is 0 Å². The van der Waals surface area contributed by atoms with Gasteiger partial charge in [0.1, 0.15) is 0 Å². The third-order valence-corrected chi connectivity index (χ3v) is 3.31. The van der Waals surface area contributed by atoms with E-state index in [0.29, 0.717) is 12.0 Å². The normalized spacial score (nSPS) is 31.6. The van der Waals surface area contributed by atoms with Crippen LogP contribution in [0.25, 0.3) is 0 Å². The van der Waals surface area contributed by atoms with Crippen molar-refractivity contribution in [3.8, 4) is 0 Å². The van der Waals surface area contributed by atoms with Gasteiger partial charge in [-0.05, 0) is 6.92 Å². The second kappa shape index (κ2) is 3.39. The first-order valence-corrected chi connectivity index (χ1v) is 4.51. The Hall–Kier alpha value is -0.310. The third-order valence-electron chi connectivity index (χ3n) is 1.99. The summed E-state index contributed by atoms with van der Waals surface area (Å²) in [5.74, 6) is 0.513. The van der Waals surface area contributed by atoms with Crippen molar-refractivity contribution in [1.82, 2.24) is 5.32 Å². The molecule has 2 unspecified atom stereocenters. The molecule has 0 aromatic carbocycles. The topological polar surface area (TPSA) is 24.4 Å². The molecule has 0 spiro atoms. The van der Waals surface area contributed by atoms with Gasteiger partial charge >= 0.3 is 0 Å². The highest BCUT2D eigenvalue weighted by molar-refractivity contribution is 9.11. The van der Waals surface area contributed by atoms with E-state index in [-0.39, 0.29) is 0 Å². The van der Waals surface area contributed by atoms with Gasteiger partial charge in [-0.2, -0.15) is 0 Å². The number of allylic oxidation sites excluding steroid dienone is 1. The van der Waals surface area contributed by atoms with Gasteiger partial charge in [0, 0.05) is 29.4 Å². The zero-order chi connectivity index (χ0) is 8.43. The summed E-state index contributed by atoms with van der Waals surface area (Å²) < 4.78 is 1.27. The maximum Gasteiger partial charge on any atom is 0.0680 e. The van der Waals surface area contributed by atoms with Gasteiger partial charge in [-0.25, -0.2) is 0 Å².